The molecule has 1 saturated heterocycles. The van der Waals surface area contributed by atoms with E-state index in [1.54, 1.807) is 12.0 Å². The van der Waals surface area contributed by atoms with E-state index in [2.05, 4.69) is 19.2 Å². The zero-order valence-corrected chi connectivity index (χ0v) is 15.4. The van der Waals surface area contributed by atoms with E-state index >= 15 is 0 Å². The quantitative estimate of drug-likeness (QED) is 0.890. The minimum Gasteiger partial charge on any atom is -0.495 e. The lowest BCUT2D eigenvalue weighted by Gasteiger charge is -2.20. The zero-order chi connectivity index (χ0) is 18.7. The molecule has 0 radical (unpaired) electrons. The molecule has 0 spiro atoms. The topological polar surface area (TPSA) is 58.6 Å². The number of benzene rings is 2. The maximum atomic E-state index is 12.7. The summed E-state index contributed by atoms with van der Waals surface area (Å²) in [5, 5.41) is 3.01. The van der Waals surface area contributed by atoms with Crippen molar-refractivity contribution in [3.63, 3.8) is 0 Å². The molecule has 0 bridgehead atoms. The minimum atomic E-state index is -0.382. The summed E-state index contributed by atoms with van der Waals surface area (Å²) in [6, 6.07) is 15.2. The molecule has 2 amide bonds. The number of anilines is 2. The molecule has 5 heteroatoms. The van der Waals surface area contributed by atoms with Gasteiger partial charge in [0, 0.05) is 18.7 Å². The molecule has 1 N–H and O–H groups in total. The molecule has 1 fully saturated rings. The van der Waals surface area contributed by atoms with Gasteiger partial charge in [-0.2, -0.15) is 0 Å². The molecule has 26 heavy (non-hydrogen) atoms. The molecule has 1 heterocycles. The van der Waals surface area contributed by atoms with Gasteiger partial charge >= 0.3 is 0 Å². The normalized spacial score (nSPS) is 16.8. The summed E-state index contributed by atoms with van der Waals surface area (Å²) in [6.45, 7) is 4.54. The number of amides is 2. The Balaban J connectivity index is 1.76. The van der Waals surface area contributed by atoms with Crippen molar-refractivity contribution < 1.29 is 14.3 Å². The predicted molar refractivity (Wildman–Crippen MR) is 103 cm³/mol. The van der Waals surface area contributed by atoms with E-state index in [0.29, 0.717) is 23.9 Å². The molecule has 0 saturated carbocycles. The summed E-state index contributed by atoms with van der Waals surface area (Å²) in [6.07, 6.45) is 0.202. The highest BCUT2D eigenvalue weighted by Crippen LogP contribution is 2.33. The van der Waals surface area contributed by atoms with Gasteiger partial charge in [0.25, 0.3) is 0 Å². The Hall–Kier alpha value is -2.82. The molecule has 1 atom stereocenters. The van der Waals surface area contributed by atoms with Crippen molar-refractivity contribution in [3.8, 4) is 5.75 Å². The van der Waals surface area contributed by atoms with Crippen molar-refractivity contribution in [2.75, 3.05) is 23.9 Å². The van der Waals surface area contributed by atoms with Crippen LogP contribution in [0.25, 0.3) is 0 Å². The van der Waals surface area contributed by atoms with Crippen molar-refractivity contribution in [1.82, 2.24) is 0 Å². The maximum absolute atomic E-state index is 12.7. The van der Waals surface area contributed by atoms with Gasteiger partial charge in [-0.05, 0) is 29.7 Å². The Bertz CT molecular complexity index is 816. The number of hydrogen-bond donors (Lipinski definition) is 1. The van der Waals surface area contributed by atoms with Crippen LogP contribution in [0.5, 0.6) is 5.75 Å². The summed E-state index contributed by atoms with van der Waals surface area (Å²) >= 11 is 0. The fourth-order valence-electron chi connectivity index (χ4n) is 3.32. The lowest BCUT2D eigenvalue weighted by molar-refractivity contribution is -0.122. The Morgan fingerprint density at radius 1 is 1.15 bits per heavy atom. The standard InChI is InChI=1S/C21H24N2O3/c1-14(2)16-8-4-5-9-17(16)22-21(25)15-12-20(24)23(13-15)18-10-6-7-11-19(18)26-3/h4-11,14-15H,12-13H2,1-3H3,(H,22,25). The predicted octanol–water partition coefficient (Wildman–Crippen LogP) is 3.81. The van der Waals surface area contributed by atoms with E-state index < -0.39 is 0 Å². The summed E-state index contributed by atoms with van der Waals surface area (Å²) in [5.41, 5.74) is 2.61. The van der Waals surface area contributed by atoms with Gasteiger partial charge in [0.15, 0.2) is 0 Å². The van der Waals surface area contributed by atoms with Crippen molar-refractivity contribution in [1.29, 1.82) is 0 Å². The minimum absolute atomic E-state index is 0.0632. The van der Waals surface area contributed by atoms with Crippen molar-refractivity contribution in [3.05, 3.63) is 54.1 Å². The van der Waals surface area contributed by atoms with E-state index in [9.17, 15) is 9.59 Å². The average Bonchev–Trinajstić information content (AvgIpc) is 3.03. The Morgan fingerprint density at radius 3 is 2.58 bits per heavy atom. The first-order valence-electron chi connectivity index (χ1n) is 8.84. The number of para-hydroxylation sites is 3. The number of carbonyl (C=O) groups is 2. The van der Waals surface area contributed by atoms with Gasteiger partial charge in [-0.15, -0.1) is 0 Å². The molecule has 136 valence electrons. The molecule has 0 aliphatic carbocycles. The van der Waals surface area contributed by atoms with E-state index in [-0.39, 0.29) is 24.2 Å². The summed E-state index contributed by atoms with van der Waals surface area (Å²) in [7, 11) is 1.58. The van der Waals surface area contributed by atoms with Gasteiger partial charge in [-0.1, -0.05) is 44.2 Å². The molecule has 5 nitrogen and oxygen atoms in total. The average molecular weight is 352 g/mol. The van der Waals surface area contributed by atoms with Crippen LogP contribution < -0.4 is 15.0 Å². The highest BCUT2D eigenvalue weighted by atomic mass is 16.5. The van der Waals surface area contributed by atoms with Gasteiger partial charge in [-0.25, -0.2) is 0 Å². The smallest absolute Gasteiger partial charge is 0.229 e. The monoisotopic (exact) mass is 352 g/mol. The Morgan fingerprint density at radius 2 is 1.85 bits per heavy atom. The van der Waals surface area contributed by atoms with Crippen LogP contribution >= 0.6 is 0 Å². The van der Waals surface area contributed by atoms with Gasteiger partial charge in [0.1, 0.15) is 5.75 Å². The van der Waals surface area contributed by atoms with E-state index in [1.165, 1.54) is 0 Å². The van der Waals surface area contributed by atoms with Crippen LogP contribution in [0.4, 0.5) is 11.4 Å². The number of ether oxygens (including phenoxy) is 1. The van der Waals surface area contributed by atoms with E-state index in [0.717, 1.165) is 11.3 Å². The molecular formula is C21H24N2O3. The van der Waals surface area contributed by atoms with Crippen LogP contribution in [0.15, 0.2) is 48.5 Å². The van der Waals surface area contributed by atoms with Crippen molar-refractivity contribution >= 4 is 23.2 Å². The van der Waals surface area contributed by atoms with Crippen molar-refractivity contribution in [2.24, 2.45) is 5.92 Å². The van der Waals surface area contributed by atoms with E-state index in [4.69, 9.17) is 4.74 Å². The second-order valence-corrected chi connectivity index (χ2v) is 6.81. The first-order chi connectivity index (χ1) is 12.5. The number of nitrogens with one attached hydrogen (secondary N) is 1. The van der Waals surface area contributed by atoms with Crippen LogP contribution in [-0.2, 0) is 9.59 Å². The number of rotatable bonds is 5. The second-order valence-electron chi connectivity index (χ2n) is 6.81. The third-order valence-corrected chi connectivity index (χ3v) is 4.71. The SMILES string of the molecule is COc1ccccc1N1CC(C(=O)Nc2ccccc2C(C)C)CC1=O. The van der Waals surface area contributed by atoms with Crippen LogP contribution in [0, 0.1) is 5.92 Å². The summed E-state index contributed by atoms with van der Waals surface area (Å²) in [4.78, 5) is 26.9. The Labute approximate surface area is 154 Å². The third kappa shape index (κ3) is 3.57. The number of nitrogens with zero attached hydrogens (tertiary/aromatic N) is 1. The highest BCUT2D eigenvalue weighted by Gasteiger charge is 2.36. The molecule has 0 aromatic heterocycles. The van der Waals surface area contributed by atoms with Gasteiger partial charge in [0.2, 0.25) is 11.8 Å². The third-order valence-electron chi connectivity index (χ3n) is 4.71. The molecule has 2 aromatic carbocycles. The first-order valence-corrected chi connectivity index (χ1v) is 8.84. The molecule has 1 unspecified atom stereocenters. The second kappa shape index (κ2) is 7.60. The fraction of sp³-hybridized carbons (Fsp3) is 0.333. The lowest BCUT2D eigenvalue weighted by atomic mass is 10.0. The fourth-order valence-corrected chi connectivity index (χ4v) is 3.32. The number of hydrogen-bond acceptors (Lipinski definition) is 3. The largest absolute Gasteiger partial charge is 0.495 e. The van der Waals surface area contributed by atoms with Gasteiger partial charge < -0.3 is 15.0 Å². The highest BCUT2D eigenvalue weighted by molar-refractivity contribution is 6.04. The maximum Gasteiger partial charge on any atom is 0.229 e. The van der Waals surface area contributed by atoms with Gasteiger partial charge in [-0.3, -0.25) is 9.59 Å². The Kier molecular flexibility index (Phi) is 5.26. The summed E-state index contributed by atoms with van der Waals surface area (Å²) < 4.78 is 5.35. The molecule has 1 aliphatic heterocycles. The molecule has 1 aliphatic rings. The van der Waals surface area contributed by atoms with Crippen LogP contribution in [0.1, 0.15) is 31.7 Å². The number of methoxy groups -OCH3 is 1. The molecule has 2 aromatic rings. The first kappa shape index (κ1) is 18.0. The van der Waals surface area contributed by atoms with Crippen LogP contribution in [-0.4, -0.2) is 25.5 Å². The zero-order valence-electron chi connectivity index (χ0n) is 15.4. The molecular weight excluding hydrogens is 328 g/mol. The van der Waals surface area contributed by atoms with Gasteiger partial charge in [0.05, 0.1) is 18.7 Å². The summed E-state index contributed by atoms with van der Waals surface area (Å²) in [5.74, 6) is 0.372. The van der Waals surface area contributed by atoms with Crippen LogP contribution in [0.2, 0.25) is 0 Å². The van der Waals surface area contributed by atoms with Crippen LogP contribution in [0.3, 0.4) is 0 Å². The number of carbonyl (C=O) groups excluding carboxylic acids is 2. The van der Waals surface area contributed by atoms with Crippen molar-refractivity contribution in [2.45, 2.75) is 26.2 Å². The van der Waals surface area contributed by atoms with E-state index in [1.807, 2.05) is 48.5 Å². The molecule has 3 rings (SSSR count). The lowest BCUT2D eigenvalue weighted by Crippen LogP contribution is -2.28.